The number of unbranched alkanes of at least 4 members (excludes halogenated alkanes) is 1. The van der Waals surface area contributed by atoms with Crippen molar-refractivity contribution >= 4 is 0 Å². The Bertz CT molecular complexity index is 238. The summed E-state index contributed by atoms with van der Waals surface area (Å²) in [6.07, 6.45) is 8.32. The Morgan fingerprint density at radius 3 is 2.71 bits per heavy atom. The maximum atomic E-state index is 9.92. The van der Waals surface area contributed by atoms with Crippen molar-refractivity contribution in [2.45, 2.75) is 70.9 Å². The molecule has 0 aliphatic heterocycles. The third-order valence-electron chi connectivity index (χ3n) is 4.33. The normalized spacial score (nSPS) is 24.1. The van der Waals surface area contributed by atoms with Crippen molar-refractivity contribution in [1.82, 2.24) is 5.32 Å². The molecule has 1 rings (SSSR count). The molecule has 0 spiro atoms. The number of hydrogen-bond donors (Lipinski definition) is 2. The van der Waals surface area contributed by atoms with Crippen molar-refractivity contribution < 1.29 is 14.6 Å². The molecule has 0 aromatic rings. The van der Waals surface area contributed by atoms with E-state index < -0.39 is 6.10 Å². The van der Waals surface area contributed by atoms with Crippen LogP contribution in [0.5, 0.6) is 0 Å². The zero-order valence-corrected chi connectivity index (χ0v) is 14.0. The average Bonchev–Trinajstić information content (AvgIpc) is 2.52. The lowest BCUT2D eigenvalue weighted by molar-refractivity contribution is 0.00265. The van der Waals surface area contributed by atoms with Gasteiger partial charge in [-0.05, 0) is 25.2 Å². The van der Waals surface area contributed by atoms with E-state index in [1.165, 1.54) is 32.1 Å². The van der Waals surface area contributed by atoms with Crippen LogP contribution >= 0.6 is 0 Å². The van der Waals surface area contributed by atoms with Gasteiger partial charge in [-0.25, -0.2) is 0 Å². The van der Waals surface area contributed by atoms with Gasteiger partial charge in [0.1, 0.15) is 0 Å². The fourth-order valence-corrected chi connectivity index (χ4v) is 2.89. The molecule has 0 amide bonds. The quantitative estimate of drug-likeness (QED) is 0.544. The second kappa shape index (κ2) is 12.4. The Hall–Kier alpha value is -0.160. The van der Waals surface area contributed by atoms with E-state index in [1.807, 2.05) is 0 Å². The Balaban J connectivity index is 1.94. The van der Waals surface area contributed by atoms with Crippen LogP contribution in [0.25, 0.3) is 0 Å². The monoisotopic (exact) mass is 301 g/mol. The van der Waals surface area contributed by atoms with Crippen molar-refractivity contribution in [1.29, 1.82) is 0 Å². The van der Waals surface area contributed by atoms with E-state index in [2.05, 4.69) is 19.2 Å². The van der Waals surface area contributed by atoms with Crippen molar-refractivity contribution in [2.75, 3.05) is 33.0 Å². The van der Waals surface area contributed by atoms with Crippen molar-refractivity contribution in [3.05, 3.63) is 0 Å². The van der Waals surface area contributed by atoms with Crippen LogP contribution in [0.2, 0.25) is 0 Å². The van der Waals surface area contributed by atoms with Gasteiger partial charge in [0.15, 0.2) is 0 Å². The Morgan fingerprint density at radius 1 is 1.14 bits per heavy atom. The van der Waals surface area contributed by atoms with Gasteiger partial charge in [-0.1, -0.05) is 39.5 Å². The van der Waals surface area contributed by atoms with E-state index in [0.717, 1.165) is 25.4 Å². The minimum Gasteiger partial charge on any atom is -0.389 e. The molecule has 0 aromatic carbocycles. The van der Waals surface area contributed by atoms with Gasteiger partial charge in [-0.2, -0.15) is 0 Å². The van der Waals surface area contributed by atoms with Crippen LogP contribution < -0.4 is 5.32 Å². The maximum Gasteiger partial charge on any atom is 0.0897 e. The van der Waals surface area contributed by atoms with Gasteiger partial charge in [0.2, 0.25) is 0 Å². The zero-order valence-electron chi connectivity index (χ0n) is 14.0. The summed E-state index contributed by atoms with van der Waals surface area (Å²) in [4.78, 5) is 0. The lowest BCUT2D eigenvalue weighted by Crippen LogP contribution is -2.40. The molecule has 2 N–H and O–H groups in total. The molecule has 0 heterocycles. The fraction of sp³-hybridized carbons (Fsp3) is 1.00. The third kappa shape index (κ3) is 9.46. The molecule has 0 saturated heterocycles. The maximum absolute atomic E-state index is 9.92. The number of hydrogen-bond acceptors (Lipinski definition) is 4. The minimum atomic E-state index is -0.414. The first-order chi connectivity index (χ1) is 10.3. The molecule has 0 radical (unpaired) electrons. The summed E-state index contributed by atoms with van der Waals surface area (Å²) < 4.78 is 10.9. The second-order valence-electron chi connectivity index (χ2n) is 6.24. The van der Waals surface area contributed by atoms with Crippen molar-refractivity contribution in [3.63, 3.8) is 0 Å². The molecule has 1 saturated carbocycles. The number of ether oxygens (including phenoxy) is 2. The molecule has 0 aromatic heterocycles. The smallest absolute Gasteiger partial charge is 0.0897 e. The van der Waals surface area contributed by atoms with E-state index in [0.29, 0.717) is 32.4 Å². The highest BCUT2D eigenvalue weighted by atomic mass is 16.5. The van der Waals surface area contributed by atoms with Crippen LogP contribution in [0.3, 0.4) is 0 Å². The van der Waals surface area contributed by atoms with Gasteiger partial charge >= 0.3 is 0 Å². The summed E-state index contributed by atoms with van der Waals surface area (Å²) in [6.45, 7) is 7.47. The number of rotatable bonds is 12. The molecule has 21 heavy (non-hydrogen) atoms. The second-order valence-corrected chi connectivity index (χ2v) is 6.24. The van der Waals surface area contributed by atoms with Crippen LogP contribution in [0.15, 0.2) is 0 Å². The summed E-state index contributed by atoms with van der Waals surface area (Å²) in [5.41, 5.74) is 0. The van der Waals surface area contributed by atoms with Crippen molar-refractivity contribution in [3.8, 4) is 0 Å². The lowest BCUT2D eigenvalue weighted by Gasteiger charge is -2.29. The standard InChI is InChI=1S/C17H35NO3/c1-3-5-9-20-10-11-21-14-17(19)13-18-16-8-6-7-15(4-2)12-16/h15-19H,3-14H2,1-2H3. The van der Waals surface area contributed by atoms with Gasteiger partial charge in [-0.3, -0.25) is 0 Å². The van der Waals surface area contributed by atoms with Gasteiger partial charge < -0.3 is 19.9 Å². The highest BCUT2D eigenvalue weighted by Crippen LogP contribution is 2.26. The molecular weight excluding hydrogens is 266 g/mol. The number of nitrogens with one attached hydrogen (secondary N) is 1. The Kier molecular flexibility index (Phi) is 11.1. The molecule has 1 aliphatic carbocycles. The molecule has 1 fully saturated rings. The molecule has 0 bridgehead atoms. The SMILES string of the molecule is CCCCOCCOCC(O)CNC1CCCC(CC)C1. The van der Waals surface area contributed by atoms with Crippen LogP contribution in [-0.2, 0) is 9.47 Å². The van der Waals surface area contributed by atoms with E-state index in [9.17, 15) is 5.11 Å². The number of aliphatic hydroxyl groups is 1. The van der Waals surface area contributed by atoms with Gasteiger partial charge in [0, 0.05) is 19.2 Å². The van der Waals surface area contributed by atoms with Crippen molar-refractivity contribution in [2.24, 2.45) is 5.92 Å². The minimum absolute atomic E-state index is 0.397. The van der Waals surface area contributed by atoms with E-state index in [4.69, 9.17) is 9.47 Å². The Labute approximate surface area is 130 Å². The zero-order chi connectivity index (χ0) is 15.3. The van der Waals surface area contributed by atoms with E-state index >= 15 is 0 Å². The first-order valence-electron chi connectivity index (χ1n) is 8.83. The fourth-order valence-electron chi connectivity index (χ4n) is 2.89. The first kappa shape index (κ1) is 18.9. The van der Waals surface area contributed by atoms with Gasteiger partial charge in [0.05, 0.1) is 25.9 Å². The highest BCUT2D eigenvalue weighted by Gasteiger charge is 2.20. The van der Waals surface area contributed by atoms with Crippen LogP contribution in [-0.4, -0.2) is 50.2 Å². The van der Waals surface area contributed by atoms with E-state index in [1.54, 1.807) is 0 Å². The topological polar surface area (TPSA) is 50.7 Å². The summed E-state index contributed by atoms with van der Waals surface area (Å²) in [5.74, 6) is 0.866. The number of aliphatic hydroxyl groups excluding tert-OH is 1. The van der Waals surface area contributed by atoms with Gasteiger partial charge in [-0.15, -0.1) is 0 Å². The van der Waals surface area contributed by atoms with Gasteiger partial charge in [0.25, 0.3) is 0 Å². The summed E-state index contributed by atoms with van der Waals surface area (Å²) in [6, 6.07) is 0.579. The largest absolute Gasteiger partial charge is 0.389 e. The molecule has 4 nitrogen and oxygen atoms in total. The third-order valence-corrected chi connectivity index (χ3v) is 4.33. The first-order valence-corrected chi connectivity index (χ1v) is 8.83. The van der Waals surface area contributed by atoms with Crippen LogP contribution in [0.1, 0.15) is 58.8 Å². The average molecular weight is 301 g/mol. The van der Waals surface area contributed by atoms with E-state index in [-0.39, 0.29) is 0 Å². The lowest BCUT2D eigenvalue weighted by atomic mass is 9.84. The molecule has 1 aliphatic rings. The summed E-state index contributed by atoms with van der Waals surface area (Å²) in [5, 5.41) is 13.4. The summed E-state index contributed by atoms with van der Waals surface area (Å²) >= 11 is 0. The Morgan fingerprint density at radius 2 is 1.95 bits per heavy atom. The van der Waals surface area contributed by atoms with Crippen LogP contribution in [0, 0.1) is 5.92 Å². The summed E-state index contributed by atoms with van der Waals surface area (Å²) in [7, 11) is 0. The predicted molar refractivity (Wildman–Crippen MR) is 86.6 cm³/mol. The highest BCUT2D eigenvalue weighted by molar-refractivity contribution is 4.78. The predicted octanol–water partition coefficient (Wildman–Crippen LogP) is 2.74. The molecule has 3 unspecified atom stereocenters. The molecule has 126 valence electrons. The van der Waals surface area contributed by atoms with Crippen LogP contribution in [0.4, 0.5) is 0 Å². The molecule has 3 atom stereocenters. The molecule has 4 heteroatoms. The molecular formula is C17H35NO3.